The zero-order chi connectivity index (χ0) is 13.5. The van der Waals surface area contributed by atoms with Gasteiger partial charge in [-0.2, -0.15) is 0 Å². The molecule has 3 N–H and O–H groups in total. The Hall–Kier alpha value is -2.23. The molecule has 0 aliphatic carbocycles. The Balaban J connectivity index is 2.57. The van der Waals surface area contributed by atoms with Crippen LogP contribution >= 0.6 is 0 Å². The first-order valence-corrected chi connectivity index (χ1v) is 5.53. The van der Waals surface area contributed by atoms with E-state index in [9.17, 15) is 14.4 Å². The largest absolute Gasteiger partial charge is 0.480 e. The summed E-state index contributed by atoms with van der Waals surface area (Å²) in [4.78, 5) is 34.7. The molecule has 1 aliphatic heterocycles. The number of hydrogen-bond donors (Lipinski definition) is 3. The average Bonchev–Trinajstić information content (AvgIpc) is 2.31. The Morgan fingerprint density at radius 2 is 2.33 bits per heavy atom. The SMILES string of the molecule is C#CCN(CC(=O)O)C(=O)NC1CCCNC1=O. The summed E-state index contributed by atoms with van der Waals surface area (Å²) in [6.45, 7) is -0.0226. The van der Waals surface area contributed by atoms with Gasteiger partial charge in [0.1, 0.15) is 12.6 Å². The molecule has 7 heteroatoms. The van der Waals surface area contributed by atoms with Crippen molar-refractivity contribution in [2.45, 2.75) is 18.9 Å². The quantitative estimate of drug-likeness (QED) is 0.559. The number of urea groups is 1. The lowest BCUT2D eigenvalue weighted by Gasteiger charge is -2.26. The van der Waals surface area contributed by atoms with Crippen molar-refractivity contribution in [1.29, 1.82) is 0 Å². The summed E-state index contributed by atoms with van der Waals surface area (Å²) in [7, 11) is 0. The van der Waals surface area contributed by atoms with Crippen LogP contribution in [0.25, 0.3) is 0 Å². The molecule has 1 heterocycles. The minimum absolute atomic E-state index is 0.119. The van der Waals surface area contributed by atoms with Gasteiger partial charge in [0.2, 0.25) is 5.91 Å². The maximum absolute atomic E-state index is 11.8. The van der Waals surface area contributed by atoms with Gasteiger partial charge in [-0.25, -0.2) is 4.79 Å². The van der Waals surface area contributed by atoms with Crippen LogP contribution in [-0.4, -0.2) is 53.6 Å². The molecule has 0 bridgehead atoms. The van der Waals surface area contributed by atoms with Gasteiger partial charge in [-0.15, -0.1) is 6.42 Å². The molecule has 0 spiro atoms. The van der Waals surface area contributed by atoms with E-state index in [4.69, 9.17) is 11.5 Å². The molecule has 0 saturated carbocycles. The molecule has 0 aromatic carbocycles. The molecule has 0 aromatic heterocycles. The molecule has 98 valence electrons. The van der Waals surface area contributed by atoms with Crippen molar-refractivity contribution in [3.8, 4) is 12.3 Å². The fraction of sp³-hybridized carbons (Fsp3) is 0.545. The number of piperidine rings is 1. The number of aliphatic carboxylic acids is 1. The van der Waals surface area contributed by atoms with Crippen LogP contribution in [0.5, 0.6) is 0 Å². The van der Waals surface area contributed by atoms with Crippen LogP contribution in [-0.2, 0) is 9.59 Å². The first-order valence-electron chi connectivity index (χ1n) is 5.53. The molecule has 3 amide bonds. The maximum Gasteiger partial charge on any atom is 0.323 e. The van der Waals surface area contributed by atoms with E-state index < -0.39 is 24.6 Å². The van der Waals surface area contributed by atoms with Crippen molar-refractivity contribution < 1.29 is 19.5 Å². The van der Waals surface area contributed by atoms with Crippen LogP contribution in [0.1, 0.15) is 12.8 Å². The topological polar surface area (TPSA) is 98.7 Å². The van der Waals surface area contributed by atoms with Gasteiger partial charge < -0.3 is 20.6 Å². The molecular formula is C11H15N3O4. The number of terminal acetylenes is 1. The van der Waals surface area contributed by atoms with Crippen molar-refractivity contribution >= 4 is 17.9 Å². The van der Waals surface area contributed by atoms with Gasteiger partial charge in [-0.3, -0.25) is 9.59 Å². The first-order chi connectivity index (χ1) is 8.54. The normalized spacial score (nSPS) is 18.4. The molecule has 7 nitrogen and oxygen atoms in total. The number of rotatable bonds is 4. The molecule has 1 rings (SSSR count). The molecular weight excluding hydrogens is 238 g/mol. The summed E-state index contributed by atoms with van der Waals surface area (Å²) in [5.41, 5.74) is 0. The molecule has 1 atom stereocenters. The van der Waals surface area contributed by atoms with E-state index in [0.29, 0.717) is 13.0 Å². The number of amides is 3. The van der Waals surface area contributed by atoms with Gasteiger partial charge in [0.05, 0.1) is 6.54 Å². The predicted octanol–water partition coefficient (Wildman–Crippen LogP) is -1.01. The number of carboxylic acids is 1. The summed E-state index contributed by atoms with van der Waals surface area (Å²) >= 11 is 0. The molecule has 0 radical (unpaired) electrons. The second-order valence-corrected chi connectivity index (χ2v) is 3.89. The van der Waals surface area contributed by atoms with Crippen LogP contribution in [0, 0.1) is 12.3 Å². The number of carbonyl (C=O) groups is 3. The lowest BCUT2D eigenvalue weighted by atomic mass is 10.1. The number of nitrogens with zero attached hydrogens (tertiary/aromatic N) is 1. The van der Waals surface area contributed by atoms with E-state index in [1.165, 1.54) is 0 Å². The highest BCUT2D eigenvalue weighted by Gasteiger charge is 2.26. The fourth-order valence-electron chi connectivity index (χ4n) is 1.62. The highest BCUT2D eigenvalue weighted by Crippen LogP contribution is 2.03. The lowest BCUT2D eigenvalue weighted by Crippen LogP contribution is -2.54. The average molecular weight is 253 g/mol. The second kappa shape index (κ2) is 6.49. The van der Waals surface area contributed by atoms with E-state index in [0.717, 1.165) is 11.3 Å². The second-order valence-electron chi connectivity index (χ2n) is 3.89. The van der Waals surface area contributed by atoms with E-state index >= 15 is 0 Å². The molecule has 1 unspecified atom stereocenters. The van der Waals surface area contributed by atoms with Gasteiger partial charge >= 0.3 is 12.0 Å². The first kappa shape index (κ1) is 13.8. The van der Waals surface area contributed by atoms with E-state index in [1.807, 2.05) is 0 Å². The monoisotopic (exact) mass is 253 g/mol. The molecule has 1 aliphatic rings. The third kappa shape index (κ3) is 3.97. The molecule has 0 aromatic rings. The predicted molar refractivity (Wildman–Crippen MR) is 62.6 cm³/mol. The zero-order valence-corrected chi connectivity index (χ0v) is 9.81. The summed E-state index contributed by atoms with van der Waals surface area (Å²) in [5.74, 6) is 0.786. The summed E-state index contributed by atoms with van der Waals surface area (Å²) in [6, 6.07) is -1.27. The number of hydrogen-bond acceptors (Lipinski definition) is 3. The van der Waals surface area contributed by atoms with Gasteiger partial charge in [0, 0.05) is 6.54 Å². The third-order valence-electron chi connectivity index (χ3n) is 2.48. The van der Waals surface area contributed by atoms with Crippen molar-refractivity contribution in [1.82, 2.24) is 15.5 Å². The van der Waals surface area contributed by atoms with Crippen molar-refractivity contribution in [2.24, 2.45) is 0 Å². The summed E-state index contributed by atoms with van der Waals surface area (Å²) in [6.07, 6.45) is 6.36. The zero-order valence-electron chi connectivity index (χ0n) is 9.81. The number of carboxylic acid groups (broad SMARTS) is 1. The van der Waals surface area contributed by atoms with Crippen LogP contribution in [0.4, 0.5) is 4.79 Å². The Bertz CT molecular complexity index is 388. The third-order valence-corrected chi connectivity index (χ3v) is 2.48. The van der Waals surface area contributed by atoms with Gasteiger partial charge in [-0.05, 0) is 12.8 Å². The number of carbonyl (C=O) groups excluding carboxylic acids is 2. The highest BCUT2D eigenvalue weighted by molar-refractivity contribution is 5.88. The van der Waals surface area contributed by atoms with E-state index in [1.54, 1.807) is 0 Å². The van der Waals surface area contributed by atoms with Crippen LogP contribution in [0.2, 0.25) is 0 Å². The van der Waals surface area contributed by atoms with Gasteiger partial charge in [-0.1, -0.05) is 5.92 Å². The minimum Gasteiger partial charge on any atom is -0.480 e. The molecule has 18 heavy (non-hydrogen) atoms. The van der Waals surface area contributed by atoms with Crippen LogP contribution in [0.15, 0.2) is 0 Å². The van der Waals surface area contributed by atoms with Crippen molar-refractivity contribution in [2.75, 3.05) is 19.6 Å². The Morgan fingerprint density at radius 3 is 2.89 bits per heavy atom. The van der Waals surface area contributed by atoms with Crippen molar-refractivity contribution in [3.05, 3.63) is 0 Å². The van der Waals surface area contributed by atoms with Crippen LogP contribution < -0.4 is 10.6 Å². The summed E-state index contributed by atoms with van der Waals surface area (Å²) in [5, 5.41) is 13.7. The Labute approximate surface area is 105 Å². The maximum atomic E-state index is 11.8. The minimum atomic E-state index is -1.16. The highest BCUT2D eigenvalue weighted by atomic mass is 16.4. The smallest absolute Gasteiger partial charge is 0.323 e. The standard InChI is InChI=1S/C11H15N3O4/c1-2-6-14(7-9(15)16)11(18)13-8-4-3-5-12-10(8)17/h1,8H,3-7H2,(H,12,17)(H,13,18)(H,15,16). The molecule has 1 fully saturated rings. The van der Waals surface area contributed by atoms with Gasteiger partial charge in [0.25, 0.3) is 0 Å². The summed E-state index contributed by atoms with van der Waals surface area (Å²) < 4.78 is 0. The Morgan fingerprint density at radius 1 is 1.61 bits per heavy atom. The fourth-order valence-corrected chi connectivity index (χ4v) is 1.62. The lowest BCUT2D eigenvalue weighted by molar-refractivity contribution is -0.137. The van der Waals surface area contributed by atoms with Gasteiger partial charge in [0.15, 0.2) is 0 Å². The number of nitrogens with one attached hydrogen (secondary N) is 2. The van der Waals surface area contributed by atoms with Crippen LogP contribution in [0.3, 0.4) is 0 Å². The van der Waals surface area contributed by atoms with E-state index in [2.05, 4.69) is 16.6 Å². The van der Waals surface area contributed by atoms with Crippen molar-refractivity contribution in [3.63, 3.8) is 0 Å². The molecule has 1 saturated heterocycles. The van der Waals surface area contributed by atoms with E-state index in [-0.39, 0.29) is 12.5 Å². The Kier molecular flexibility index (Phi) is 4.99.